The van der Waals surface area contributed by atoms with E-state index in [-0.39, 0.29) is 26.9 Å². The monoisotopic (exact) mass is 443 g/mol. The van der Waals surface area contributed by atoms with Crippen molar-refractivity contribution >= 4 is 58.2 Å². The summed E-state index contributed by atoms with van der Waals surface area (Å²) in [6, 6.07) is 10.2. The van der Waals surface area contributed by atoms with Gasteiger partial charge in [0.15, 0.2) is 0 Å². The number of hydrogen-bond donors (Lipinski definition) is 1. The van der Waals surface area contributed by atoms with Crippen LogP contribution in [0.15, 0.2) is 46.0 Å². The second-order valence-electron chi connectivity index (χ2n) is 5.19. The molecule has 1 amide bonds. The minimum absolute atomic E-state index is 0.0367. The first-order valence-electron chi connectivity index (χ1n) is 7.51. The van der Waals surface area contributed by atoms with Gasteiger partial charge in [0.25, 0.3) is 5.22 Å². The van der Waals surface area contributed by atoms with Crippen LogP contribution in [0.5, 0.6) is 5.75 Å². The first kappa shape index (κ1) is 19.8. The molecule has 2 aromatic carbocycles. The maximum atomic E-state index is 12.1. The Morgan fingerprint density at radius 3 is 2.63 bits per heavy atom. The first-order chi connectivity index (χ1) is 13.0. The molecule has 3 rings (SSSR count). The number of ether oxygens (including phenoxy) is 1. The number of rotatable bonds is 6. The lowest BCUT2D eigenvalue weighted by Crippen LogP contribution is -2.14. The normalized spacial score (nSPS) is 10.7. The number of carbonyl (C=O) groups excluding carboxylic acids is 1. The summed E-state index contributed by atoms with van der Waals surface area (Å²) in [4.78, 5) is 12.1. The molecule has 0 atom stereocenters. The minimum atomic E-state index is -0.327. The van der Waals surface area contributed by atoms with Crippen molar-refractivity contribution in [2.24, 2.45) is 0 Å². The molecule has 0 unspecified atom stereocenters. The van der Waals surface area contributed by atoms with Crippen molar-refractivity contribution in [3.05, 3.63) is 51.5 Å². The summed E-state index contributed by atoms with van der Waals surface area (Å²) < 4.78 is 10.7. The highest BCUT2D eigenvalue weighted by atomic mass is 35.5. The molecule has 1 heterocycles. The summed E-state index contributed by atoms with van der Waals surface area (Å²) in [7, 11) is 1.58. The predicted octanol–water partition coefficient (Wildman–Crippen LogP) is 5.44. The number of anilines is 1. The Kier molecular flexibility index (Phi) is 6.49. The molecule has 3 aromatic rings. The zero-order valence-electron chi connectivity index (χ0n) is 13.8. The standard InChI is InChI=1S/C17H12Cl3N3O3S/c1-25-11-4-2-3-9(5-11)16-22-23-17(26-16)27-8-14(24)21-15-12(19)6-10(18)7-13(15)20/h2-7H,8H2,1H3,(H,21,24). The number of thioether (sulfide) groups is 1. The molecule has 0 bridgehead atoms. The van der Waals surface area contributed by atoms with Gasteiger partial charge in [-0.25, -0.2) is 0 Å². The SMILES string of the molecule is COc1cccc(-c2nnc(SCC(=O)Nc3c(Cl)cc(Cl)cc3Cl)o2)c1. The quantitative estimate of drug-likeness (QED) is 0.510. The fourth-order valence-corrected chi connectivity index (χ4v) is 3.58. The lowest BCUT2D eigenvalue weighted by molar-refractivity contribution is -0.113. The fraction of sp³-hybridized carbons (Fsp3) is 0.118. The lowest BCUT2D eigenvalue weighted by Gasteiger charge is -2.09. The van der Waals surface area contributed by atoms with Crippen molar-refractivity contribution in [2.45, 2.75) is 5.22 Å². The van der Waals surface area contributed by atoms with Crippen molar-refractivity contribution in [3.8, 4) is 17.2 Å². The van der Waals surface area contributed by atoms with Gasteiger partial charge in [-0.1, -0.05) is 52.6 Å². The van der Waals surface area contributed by atoms with Gasteiger partial charge >= 0.3 is 0 Å². The Labute approximate surface area is 174 Å². The van der Waals surface area contributed by atoms with E-state index < -0.39 is 0 Å². The number of aromatic nitrogens is 2. The number of halogens is 3. The third-order valence-corrected chi connectivity index (χ3v) is 4.95. The highest BCUT2D eigenvalue weighted by Gasteiger charge is 2.14. The number of carbonyl (C=O) groups is 1. The van der Waals surface area contributed by atoms with E-state index in [1.807, 2.05) is 18.2 Å². The highest BCUT2D eigenvalue weighted by molar-refractivity contribution is 7.99. The summed E-state index contributed by atoms with van der Waals surface area (Å²) in [5.74, 6) is 0.721. The lowest BCUT2D eigenvalue weighted by atomic mass is 10.2. The van der Waals surface area contributed by atoms with Crippen molar-refractivity contribution in [1.29, 1.82) is 0 Å². The van der Waals surface area contributed by atoms with E-state index in [0.29, 0.717) is 22.4 Å². The Morgan fingerprint density at radius 2 is 1.93 bits per heavy atom. The molecule has 0 radical (unpaired) electrons. The molecule has 10 heteroatoms. The smallest absolute Gasteiger partial charge is 0.277 e. The van der Waals surface area contributed by atoms with Gasteiger partial charge in [0, 0.05) is 10.6 Å². The van der Waals surface area contributed by atoms with Crippen molar-refractivity contribution in [1.82, 2.24) is 10.2 Å². The first-order valence-corrected chi connectivity index (χ1v) is 9.63. The molecule has 1 N–H and O–H groups in total. The van der Waals surface area contributed by atoms with Gasteiger partial charge in [-0.15, -0.1) is 10.2 Å². The summed E-state index contributed by atoms with van der Waals surface area (Å²) in [5.41, 5.74) is 1.02. The molecule has 1 aromatic heterocycles. The number of nitrogens with zero attached hydrogens (tertiary/aromatic N) is 2. The topological polar surface area (TPSA) is 77.2 Å². The molecule has 0 saturated heterocycles. The highest BCUT2D eigenvalue weighted by Crippen LogP contribution is 2.34. The van der Waals surface area contributed by atoms with Crippen LogP contribution in [0, 0.1) is 0 Å². The average molecular weight is 445 g/mol. The average Bonchev–Trinajstić information content (AvgIpc) is 3.12. The minimum Gasteiger partial charge on any atom is -0.497 e. The summed E-state index contributed by atoms with van der Waals surface area (Å²) in [6.45, 7) is 0. The van der Waals surface area contributed by atoms with Gasteiger partial charge < -0.3 is 14.5 Å². The molecule has 0 aliphatic rings. The molecular weight excluding hydrogens is 433 g/mol. The van der Waals surface area contributed by atoms with E-state index >= 15 is 0 Å². The van der Waals surface area contributed by atoms with Crippen LogP contribution in [0.1, 0.15) is 0 Å². The molecule has 0 spiro atoms. The number of amides is 1. The Hall–Kier alpha value is -1.93. The van der Waals surface area contributed by atoms with Crippen LogP contribution < -0.4 is 10.1 Å². The van der Waals surface area contributed by atoms with Gasteiger partial charge in [0.05, 0.1) is 28.6 Å². The zero-order valence-corrected chi connectivity index (χ0v) is 16.9. The molecule has 0 fully saturated rings. The van der Waals surface area contributed by atoms with E-state index in [0.717, 1.165) is 17.3 Å². The predicted molar refractivity (Wildman–Crippen MR) is 107 cm³/mol. The Balaban J connectivity index is 1.62. The van der Waals surface area contributed by atoms with E-state index in [9.17, 15) is 4.79 Å². The molecule has 27 heavy (non-hydrogen) atoms. The van der Waals surface area contributed by atoms with E-state index in [4.69, 9.17) is 44.0 Å². The van der Waals surface area contributed by atoms with Crippen LogP contribution in [0.25, 0.3) is 11.5 Å². The third kappa shape index (κ3) is 5.07. The van der Waals surface area contributed by atoms with Crippen molar-refractivity contribution in [2.75, 3.05) is 18.2 Å². The summed E-state index contributed by atoms with van der Waals surface area (Å²) in [6.07, 6.45) is 0. The van der Waals surface area contributed by atoms with Crippen molar-refractivity contribution in [3.63, 3.8) is 0 Å². The maximum absolute atomic E-state index is 12.1. The number of hydrogen-bond acceptors (Lipinski definition) is 6. The van der Waals surface area contributed by atoms with Crippen LogP contribution >= 0.6 is 46.6 Å². The number of nitrogens with one attached hydrogen (secondary N) is 1. The van der Waals surface area contributed by atoms with Crippen LogP contribution in [0.2, 0.25) is 15.1 Å². The molecular formula is C17H12Cl3N3O3S. The van der Waals surface area contributed by atoms with Gasteiger partial charge in [-0.05, 0) is 30.3 Å². The van der Waals surface area contributed by atoms with Crippen LogP contribution in [0.3, 0.4) is 0 Å². The molecule has 0 aliphatic carbocycles. The Morgan fingerprint density at radius 1 is 1.19 bits per heavy atom. The van der Waals surface area contributed by atoms with Gasteiger partial charge in [0.2, 0.25) is 11.8 Å². The summed E-state index contributed by atoms with van der Waals surface area (Å²) >= 11 is 19.0. The van der Waals surface area contributed by atoms with Crippen molar-refractivity contribution < 1.29 is 13.9 Å². The van der Waals surface area contributed by atoms with E-state index in [2.05, 4.69) is 15.5 Å². The molecule has 6 nitrogen and oxygen atoms in total. The van der Waals surface area contributed by atoms with Gasteiger partial charge in [-0.3, -0.25) is 4.79 Å². The van der Waals surface area contributed by atoms with Crippen LogP contribution in [-0.4, -0.2) is 29.0 Å². The third-order valence-electron chi connectivity index (χ3n) is 3.32. The number of methoxy groups -OCH3 is 1. The maximum Gasteiger partial charge on any atom is 0.277 e. The van der Waals surface area contributed by atoms with E-state index in [1.54, 1.807) is 13.2 Å². The number of benzene rings is 2. The van der Waals surface area contributed by atoms with E-state index in [1.165, 1.54) is 12.1 Å². The zero-order chi connectivity index (χ0) is 19.4. The fourth-order valence-electron chi connectivity index (χ4n) is 2.11. The second-order valence-corrected chi connectivity index (χ2v) is 7.36. The molecule has 0 saturated carbocycles. The van der Waals surface area contributed by atoms with Gasteiger partial charge in [-0.2, -0.15) is 0 Å². The van der Waals surface area contributed by atoms with Crippen LogP contribution in [-0.2, 0) is 4.79 Å². The van der Waals surface area contributed by atoms with Crippen LogP contribution in [0.4, 0.5) is 5.69 Å². The summed E-state index contributed by atoms with van der Waals surface area (Å²) in [5, 5.41) is 11.7. The Bertz CT molecular complexity index is 958. The van der Waals surface area contributed by atoms with Gasteiger partial charge in [0.1, 0.15) is 5.75 Å². The second kappa shape index (κ2) is 8.84. The molecule has 140 valence electrons. The molecule has 0 aliphatic heterocycles. The largest absolute Gasteiger partial charge is 0.497 e.